The van der Waals surface area contributed by atoms with Crippen molar-refractivity contribution in [3.05, 3.63) is 78.6 Å². The second-order valence-corrected chi connectivity index (χ2v) is 9.68. The van der Waals surface area contributed by atoms with E-state index in [0.717, 1.165) is 60.2 Å². The van der Waals surface area contributed by atoms with Crippen LogP contribution in [0.2, 0.25) is 0 Å². The van der Waals surface area contributed by atoms with Crippen LogP contribution < -0.4 is 15.5 Å². The number of pyridine rings is 1. The number of carbonyl (C=O) groups excluding carboxylic acids is 2. The predicted octanol–water partition coefficient (Wildman–Crippen LogP) is 6.02. The number of nitrogens with zero attached hydrogens (tertiary/aromatic N) is 3. The van der Waals surface area contributed by atoms with Crippen LogP contribution in [0, 0.1) is 5.92 Å². The summed E-state index contributed by atoms with van der Waals surface area (Å²) in [5.41, 5.74) is 5.47. The maximum absolute atomic E-state index is 13.7. The van der Waals surface area contributed by atoms with Gasteiger partial charge in [-0.3, -0.25) is 14.8 Å². The lowest BCUT2D eigenvalue weighted by Crippen LogP contribution is -2.48. The average Bonchev–Trinajstić information content (AvgIpc) is 3.05. The van der Waals surface area contributed by atoms with Gasteiger partial charge in [0.05, 0.1) is 11.4 Å². The number of benzene rings is 2. The Labute approximate surface area is 218 Å². The largest absolute Gasteiger partial charge is 0.321 e. The molecule has 1 aliphatic heterocycles. The molecule has 0 spiro atoms. The number of carbonyl (C=O) groups is 2. The summed E-state index contributed by atoms with van der Waals surface area (Å²) < 4.78 is 0. The Balaban J connectivity index is 1.38. The normalized spacial score (nSPS) is 18.0. The number of nitrogens with one attached hydrogen (secondary N) is 2. The molecular formula is C30H33N5O2. The van der Waals surface area contributed by atoms with Gasteiger partial charge in [-0.2, -0.15) is 0 Å². The molecule has 3 aromatic rings. The van der Waals surface area contributed by atoms with Crippen LogP contribution in [0.3, 0.4) is 0 Å². The van der Waals surface area contributed by atoms with Crippen molar-refractivity contribution in [1.29, 1.82) is 0 Å². The first kappa shape index (κ1) is 24.7. The molecule has 5 rings (SSSR count). The van der Waals surface area contributed by atoms with Gasteiger partial charge in [0.15, 0.2) is 0 Å². The average molecular weight is 496 g/mol. The third kappa shape index (κ3) is 5.56. The molecule has 1 aromatic heterocycles. The van der Waals surface area contributed by atoms with Crippen molar-refractivity contribution in [3.8, 4) is 11.1 Å². The second-order valence-electron chi connectivity index (χ2n) is 9.68. The summed E-state index contributed by atoms with van der Waals surface area (Å²) in [6.45, 7) is 2.62. The first-order chi connectivity index (χ1) is 18.1. The van der Waals surface area contributed by atoms with E-state index in [1.807, 2.05) is 61.5 Å². The highest BCUT2D eigenvalue weighted by Gasteiger charge is 2.34. The zero-order valence-electron chi connectivity index (χ0n) is 21.2. The van der Waals surface area contributed by atoms with Gasteiger partial charge in [0.25, 0.3) is 5.91 Å². The number of hydrogen-bond donors (Lipinski definition) is 2. The minimum absolute atomic E-state index is 0.206. The molecule has 2 aliphatic rings. The van der Waals surface area contributed by atoms with Crippen LogP contribution in [0.5, 0.6) is 0 Å². The number of hydrogen-bond acceptors (Lipinski definition) is 4. The Hall–Kier alpha value is -4.00. The molecule has 1 atom stereocenters. The van der Waals surface area contributed by atoms with Crippen molar-refractivity contribution in [3.63, 3.8) is 0 Å². The minimum Gasteiger partial charge on any atom is -0.308 e. The second kappa shape index (κ2) is 11.4. The highest BCUT2D eigenvalue weighted by Crippen LogP contribution is 2.34. The van der Waals surface area contributed by atoms with Crippen LogP contribution in [-0.4, -0.2) is 35.3 Å². The van der Waals surface area contributed by atoms with Crippen molar-refractivity contribution < 1.29 is 9.59 Å². The summed E-state index contributed by atoms with van der Waals surface area (Å²) in [7, 11) is 0. The van der Waals surface area contributed by atoms with Gasteiger partial charge in [-0.1, -0.05) is 62.6 Å². The van der Waals surface area contributed by atoms with Crippen molar-refractivity contribution in [2.24, 2.45) is 10.9 Å². The molecule has 1 saturated carbocycles. The van der Waals surface area contributed by atoms with Gasteiger partial charge in [-0.05, 0) is 54.7 Å². The molecule has 7 heteroatoms. The molecule has 0 saturated heterocycles. The summed E-state index contributed by atoms with van der Waals surface area (Å²) in [6, 6.07) is 19.0. The quantitative estimate of drug-likeness (QED) is 0.438. The van der Waals surface area contributed by atoms with E-state index < -0.39 is 12.2 Å². The Morgan fingerprint density at radius 3 is 2.49 bits per heavy atom. The summed E-state index contributed by atoms with van der Waals surface area (Å²) in [5.74, 6) is 0.0823. The predicted molar refractivity (Wildman–Crippen MR) is 148 cm³/mol. The number of benzodiazepines with no additional fused rings is 1. The van der Waals surface area contributed by atoms with Gasteiger partial charge in [0, 0.05) is 36.1 Å². The van der Waals surface area contributed by atoms with E-state index in [2.05, 4.69) is 21.7 Å². The van der Waals surface area contributed by atoms with Crippen LogP contribution in [0.15, 0.2) is 78.0 Å². The van der Waals surface area contributed by atoms with Crippen molar-refractivity contribution in [1.82, 2.24) is 10.3 Å². The summed E-state index contributed by atoms with van der Waals surface area (Å²) in [4.78, 5) is 37.6. The number of amides is 3. The molecule has 1 unspecified atom stereocenters. The van der Waals surface area contributed by atoms with Gasteiger partial charge in [-0.25, -0.2) is 4.79 Å². The third-order valence-corrected chi connectivity index (χ3v) is 7.08. The Morgan fingerprint density at radius 2 is 1.76 bits per heavy atom. The highest BCUT2D eigenvalue weighted by atomic mass is 16.2. The van der Waals surface area contributed by atoms with Gasteiger partial charge in [-0.15, -0.1) is 0 Å². The lowest BCUT2D eigenvalue weighted by Gasteiger charge is -2.26. The zero-order valence-corrected chi connectivity index (χ0v) is 21.2. The van der Waals surface area contributed by atoms with E-state index in [-0.39, 0.29) is 11.8 Å². The van der Waals surface area contributed by atoms with Crippen LogP contribution in [0.25, 0.3) is 11.1 Å². The monoisotopic (exact) mass is 495 g/mol. The van der Waals surface area contributed by atoms with Crippen LogP contribution in [-0.2, 0) is 4.79 Å². The first-order valence-electron chi connectivity index (χ1n) is 13.2. The van der Waals surface area contributed by atoms with E-state index in [1.165, 1.54) is 6.42 Å². The molecule has 3 amide bonds. The van der Waals surface area contributed by atoms with Gasteiger partial charge < -0.3 is 15.5 Å². The molecule has 37 heavy (non-hydrogen) atoms. The lowest BCUT2D eigenvalue weighted by atomic mass is 9.83. The number of aliphatic imine (C=N–C) groups is 1. The molecule has 2 N–H and O–H groups in total. The maximum atomic E-state index is 13.7. The van der Waals surface area contributed by atoms with Crippen LogP contribution in [0.1, 0.15) is 51.0 Å². The van der Waals surface area contributed by atoms with E-state index in [1.54, 1.807) is 17.3 Å². The van der Waals surface area contributed by atoms with Gasteiger partial charge in [0.1, 0.15) is 0 Å². The molecule has 0 bridgehead atoms. The van der Waals surface area contributed by atoms with Crippen molar-refractivity contribution >= 4 is 29.0 Å². The summed E-state index contributed by atoms with van der Waals surface area (Å²) in [5, 5.41) is 5.72. The molecule has 190 valence electrons. The SMILES string of the molecule is CCCN1C(=O)C(NC(=O)Nc2ccc(-c3cccnc3)cc2)N=C(C2CCCCC2)c2ccccc21. The smallest absolute Gasteiger partial charge is 0.308 e. The molecule has 0 radical (unpaired) electrons. The molecule has 7 nitrogen and oxygen atoms in total. The fourth-order valence-electron chi connectivity index (χ4n) is 5.28. The van der Waals surface area contributed by atoms with Crippen LogP contribution >= 0.6 is 0 Å². The number of rotatable bonds is 6. The van der Waals surface area contributed by atoms with Gasteiger partial charge in [0.2, 0.25) is 6.17 Å². The number of aromatic nitrogens is 1. The topological polar surface area (TPSA) is 86.7 Å². The molecule has 2 aromatic carbocycles. The van der Waals surface area contributed by atoms with E-state index in [9.17, 15) is 9.59 Å². The third-order valence-electron chi connectivity index (χ3n) is 7.08. The zero-order chi connectivity index (χ0) is 25.6. The number of fused-ring (bicyclic) bond motifs is 1. The maximum Gasteiger partial charge on any atom is 0.321 e. The number of para-hydroxylation sites is 1. The van der Waals surface area contributed by atoms with Gasteiger partial charge >= 0.3 is 6.03 Å². The fraction of sp³-hybridized carbons (Fsp3) is 0.333. The number of anilines is 2. The van der Waals surface area contributed by atoms with E-state index in [4.69, 9.17) is 4.99 Å². The fourth-order valence-corrected chi connectivity index (χ4v) is 5.28. The molecular weight excluding hydrogens is 462 g/mol. The Morgan fingerprint density at radius 1 is 0.973 bits per heavy atom. The standard InChI is InChI=1S/C30H33N5O2/c1-2-19-35-26-13-7-6-12-25(26)27(22-9-4-3-5-10-22)33-28(29(35)36)34-30(37)32-24-16-14-21(15-17-24)23-11-8-18-31-20-23/h6-8,11-18,20,22,28H,2-5,9-10,19H2,1H3,(H2,32,34,37). The summed E-state index contributed by atoms with van der Waals surface area (Å²) in [6.07, 6.45) is 9.02. The highest BCUT2D eigenvalue weighted by molar-refractivity contribution is 6.14. The number of urea groups is 1. The molecule has 2 heterocycles. The van der Waals surface area contributed by atoms with E-state index in [0.29, 0.717) is 12.2 Å². The van der Waals surface area contributed by atoms with Crippen LogP contribution in [0.4, 0.5) is 16.2 Å². The summed E-state index contributed by atoms with van der Waals surface area (Å²) >= 11 is 0. The van der Waals surface area contributed by atoms with Crippen molar-refractivity contribution in [2.75, 3.05) is 16.8 Å². The Kier molecular flexibility index (Phi) is 7.59. The first-order valence-corrected chi connectivity index (χ1v) is 13.2. The van der Waals surface area contributed by atoms with E-state index >= 15 is 0 Å². The van der Waals surface area contributed by atoms with Crippen molar-refractivity contribution in [2.45, 2.75) is 51.6 Å². The molecule has 1 fully saturated rings. The Bertz CT molecular complexity index is 1270. The molecule has 1 aliphatic carbocycles. The lowest BCUT2D eigenvalue weighted by molar-refractivity contribution is -0.120. The minimum atomic E-state index is -0.981.